The zero-order chi connectivity index (χ0) is 20.1. The number of rotatable bonds is 5. The van der Waals surface area contributed by atoms with Gasteiger partial charge in [-0.3, -0.25) is 9.59 Å². The number of phenols is 1. The van der Waals surface area contributed by atoms with Crippen LogP contribution in [0.15, 0.2) is 60.9 Å². The molecule has 3 rings (SSSR count). The molecular formula is C19H14N4O5. The van der Waals surface area contributed by atoms with E-state index < -0.39 is 23.5 Å². The SMILES string of the molecule is O=C(Nc1ccc(NC(=O)c2nccnc2C(=O)O)cc1)c1ccccc1O. The van der Waals surface area contributed by atoms with E-state index in [9.17, 15) is 19.5 Å². The van der Waals surface area contributed by atoms with Gasteiger partial charge in [-0.2, -0.15) is 0 Å². The summed E-state index contributed by atoms with van der Waals surface area (Å²) in [7, 11) is 0. The van der Waals surface area contributed by atoms with Crippen LogP contribution in [0.2, 0.25) is 0 Å². The maximum atomic E-state index is 12.3. The van der Waals surface area contributed by atoms with Crippen LogP contribution in [0.25, 0.3) is 0 Å². The maximum Gasteiger partial charge on any atom is 0.356 e. The zero-order valence-corrected chi connectivity index (χ0v) is 14.3. The highest BCUT2D eigenvalue weighted by molar-refractivity contribution is 6.09. The topological polar surface area (TPSA) is 142 Å². The Labute approximate surface area is 158 Å². The average molecular weight is 378 g/mol. The van der Waals surface area contributed by atoms with Crippen LogP contribution in [0.3, 0.4) is 0 Å². The summed E-state index contributed by atoms with van der Waals surface area (Å²) in [6.07, 6.45) is 2.40. The van der Waals surface area contributed by atoms with Crippen molar-refractivity contribution in [2.24, 2.45) is 0 Å². The van der Waals surface area contributed by atoms with Gasteiger partial charge in [-0.05, 0) is 36.4 Å². The Bertz CT molecular complexity index is 1050. The summed E-state index contributed by atoms with van der Waals surface area (Å²) < 4.78 is 0. The van der Waals surface area contributed by atoms with Crippen LogP contribution in [0.4, 0.5) is 11.4 Å². The van der Waals surface area contributed by atoms with E-state index in [0.717, 1.165) is 0 Å². The highest BCUT2D eigenvalue weighted by Gasteiger charge is 2.19. The second-order valence-corrected chi connectivity index (χ2v) is 5.56. The van der Waals surface area contributed by atoms with E-state index in [2.05, 4.69) is 20.6 Å². The molecule has 3 aromatic rings. The highest BCUT2D eigenvalue weighted by atomic mass is 16.4. The number of carboxylic acids is 1. The standard InChI is InChI=1S/C19H14N4O5/c24-14-4-2-1-3-13(14)17(25)22-11-5-7-12(8-6-11)23-18(26)15-16(19(27)28)21-10-9-20-15/h1-10,24H,(H,22,25)(H,23,26)(H,27,28). The lowest BCUT2D eigenvalue weighted by Gasteiger charge is -2.09. The Morgan fingerprint density at radius 2 is 1.29 bits per heavy atom. The molecule has 0 saturated heterocycles. The average Bonchev–Trinajstić information content (AvgIpc) is 2.69. The van der Waals surface area contributed by atoms with Gasteiger partial charge in [0.15, 0.2) is 11.4 Å². The lowest BCUT2D eigenvalue weighted by atomic mass is 10.2. The molecule has 28 heavy (non-hydrogen) atoms. The summed E-state index contributed by atoms with van der Waals surface area (Å²) >= 11 is 0. The van der Waals surface area contributed by atoms with Crippen molar-refractivity contribution in [3.8, 4) is 5.75 Å². The van der Waals surface area contributed by atoms with Crippen molar-refractivity contribution >= 4 is 29.2 Å². The fourth-order valence-electron chi connectivity index (χ4n) is 2.35. The monoisotopic (exact) mass is 378 g/mol. The summed E-state index contributed by atoms with van der Waals surface area (Å²) in [5.74, 6) is -2.71. The van der Waals surface area contributed by atoms with Gasteiger partial charge in [-0.15, -0.1) is 0 Å². The van der Waals surface area contributed by atoms with Gasteiger partial charge in [-0.25, -0.2) is 14.8 Å². The number of hydrogen-bond donors (Lipinski definition) is 4. The normalized spacial score (nSPS) is 10.1. The first-order valence-electron chi connectivity index (χ1n) is 8.01. The summed E-state index contributed by atoms with van der Waals surface area (Å²) in [6, 6.07) is 12.3. The van der Waals surface area contributed by atoms with Gasteiger partial charge in [0.05, 0.1) is 5.56 Å². The lowest BCUT2D eigenvalue weighted by molar-refractivity contribution is 0.0684. The summed E-state index contributed by atoms with van der Waals surface area (Å²) in [6.45, 7) is 0. The Balaban J connectivity index is 1.70. The number of para-hydroxylation sites is 1. The molecular weight excluding hydrogens is 364 g/mol. The Morgan fingerprint density at radius 3 is 1.86 bits per heavy atom. The molecule has 9 nitrogen and oxygen atoms in total. The van der Waals surface area contributed by atoms with Crippen LogP contribution >= 0.6 is 0 Å². The molecule has 2 amide bonds. The van der Waals surface area contributed by atoms with Crippen LogP contribution in [-0.2, 0) is 0 Å². The number of amides is 2. The number of aromatic carboxylic acids is 1. The molecule has 0 atom stereocenters. The number of benzene rings is 2. The van der Waals surface area contributed by atoms with E-state index in [1.165, 1.54) is 36.7 Å². The number of carbonyl (C=O) groups excluding carboxylic acids is 2. The zero-order valence-electron chi connectivity index (χ0n) is 14.3. The molecule has 0 aliphatic carbocycles. The Kier molecular flexibility index (Phi) is 5.26. The number of anilines is 2. The largest absolute Gasteiger partial charge is 0.507 e. The number of hydrogen-bond acceptors (Lipinski definition) is 6. The molecule has 2 aromatic carbocycles. The number of nitrogens with one attached hydrogen (secondary N) is 2. The molecule has 1 aromatic heterocycles. The first-order valence-corrected chi connectivity index (χ1v) is 8.01. The van der Waals surface area contributed by atoms with Crippen molar-refractivity contribution in [1.29, 1.82) is 0 Å². The molecule has 0 unspecified atom stereocenters. The fourth-order valence-corrected chi connectivity index (χ4v) is 2.35. The van der Waals surface area contributed by atoms with E-state index in [1.54, 1.807) is 24.3 Å². The molecule has 4 N–H and O–H groups in total. The van der Waals surface area contributed by atoms with Gasteiger partial charge < -0.3 is 20.8 Å². The molecule has 0 spiro atoms. The third-order valence-corrected chi connectivity index (χ3v) is 3.67. The molecule has 0 aliphatic rings. The van der Waals surface area contributed by atoms with Gasteiger partial charge in [-0.1, -0.05) is 12.1 Å². The Morgan fingerprint density at radius 1 is 0.750 bits per heavy atom. The van der Waals surface area contributed by atoms with E-state index in [0.29, 0.717) is 11.4 Å². The molecule has 0 fully saturated rings. The smallest absolute Gasteiger partial charge is 0.356 e. The van der Waals surface area contributed by atoms with E-state index in [-0.39, 0.29) is 17.0 Å². The predicted molar refractivity (Wildman–Crippen MR) is 99.4 cm³/mol. The molecule has 0 radical (unpaired) electrons. The number of aromatic hydroxyl groups is 1. The van der Waals surface area contributed by atoms with Gasteiger partial charge in [0, 0.05) is 23.8 Å². The van der Waals surface area contributed by atoms with E-state index in [1.807, 2.05) is 0 Å². The number of phenolic OH excluding ortho intramolecular Hbond substituents is 1. The van der Waals surface area contributed by atoms with Crippen LogP contribution in [0, 0.1) is 0 Å². The number of carboxylic acid groups (broad SMARTS) is 1. The number of nitrogens with zero attached hydrogens (tertiary/aromatic N) is 2. The van der Waals surface area contributed by atoms with Crippen LogP contribution in [-0.4, -0.2) is 38.0 Å². The van der Waals surface area contributed by atoms with Gasteiger partial charge in [0.1, 0.15) is 5.75 Å². The number of carbonyl (C=O) groups is 3. The van der Waals surface area contributed by atoms with Crippen LogP contribution in [0.1, 0.15) is 31.3 Å². The van der Waals surface area contributed by atoms with Crippen molar-refractivity contribution in [1.82, 2.24) is 9.97 Å². The molecule has 0 saturated carbocycles. The third kappa shape index (κ3) is 4.10. The minimum atomic E-state index is -1.36. The summed E-state index contributed by atoms with van der Waals surface area (Å²) in [5, 5.41) is 23.9. The lowest BCUT2D eigenvalue weighted by Crippen LogP contribution is -2.19. The van der Waals surface area contributed by atoms with E-state index in [4.69, 9.17) is 5.11 Å². The first-order chi connectivity index (χ1) is 13.5. The quantitative estimate of drug-likeness (QED) is 0.534. The van der Waals surface area contributed by atoms with Crippen molar-refractivity contribution in [2.45, 2.75) is 0 Å². The second kappa shape index (κ2) is 7.96. The van der Waals surface area contributed by atoms with Crippen LogP contribution in [0.5, 0.6) is 5.75 Å². The molecule has 9 heteroatoms. The van der Waals surface area contributed by atoms with E-state index >= 15 is 0 Å². The number of aromatic nitrogens is 2. The molecule has 140 valence electrons. The summed E-state index contributed by atoms with van der Waals surface area (Å²) in [4.78, 5) is 42.9. The molecule has 0 aliphatic heterocycles. The maximum absolute atomic E-state index is 12.3. The van der Waals surface area contributed by atoms with Crippen molar-refractivity contribution in [3.05, 3.63) is 77.9 Å². The van der Waals surface area contributed by atoms with Gasteiger partial charge in [0.2, 0.25) is 0 Å². The minimum Gasteiger partial charge on any atom is -0.507 e. The van der Waals surface area contributed by atoms with Gasteiger partial charge >= 0.3 is 5.97 Å². The first kappa shape index (κ1) is 18.5. The van der Waals surface area contributed by atoms with Crippen molar-refractivity contribution in [2.75, 3.05) is 10.6 Å². The Hall–Kier alpha value is -4.27. The predicted octanol–water partition coefficient (Wildman–Crippen LogP) is 2.39. The minimum absolute atomic E-state index is 0.128. The van der Waals surface area contributed by atoms with Crippen molar-refractivity contribution < 1.29 is 24.6 Å². The van der Waals surface area contributed by atoms with Gasteiger partial charge in [0.25, 0.3) is 11.8 Å². The molecule has 0 bridgehead atoms. The second-order valence-electron chi connectivity index (χ2n) is 5.56. The highest BCUT2D eigenvalue weighted by Crippen LogP contribution is 2.19. The van der Waals surface area contributed by atoms with Crippen molar-refractivity contribution in [3.63, 3.8) is 0 Å². The summed E-state index contributed by atoms with van der Waals surface area (Å²) in [5.41, 5.74) is 0.173. The fraction of sp³-hybridized carbons (Fsp3) is 0. The van der Waals surface area contributed by atoms with Crippen LogP contribution < -0.4 is 10.6 Å². The molecule has 1 heterocycles. The third-order valence-electron chi connectivity index (χ3n) is 3.67.